The molecule has 0 spiro atoms. The van der Waals surface area contributed by atoms with Crippen LogP contribution in [0, 0.1) is 5.92 Å². The number of aldehydes is 1. The van der Waals surface area contributed by atoms with E-state index in [4.69, 9.17) is 4.74 Å². The molecule has 76 valence electrons. The van der Waals surface area contributed by atoms with Crippen LogP contribution in [-0.2, 0) is 16.1 Å². The highest BCUT2D eigenvalue weighted by molar-refractivity contribution is 5.55. The largest absolute Gasteiger partial charge is 0.370 e. The molecule has 0 unspecified atom stereocenters. The summed E-state index contributed by atoms with van der Waals surface area (Å²) in [4.78, 5) is 15.0. The maximum absolute atomic E-state index is 10.8. The molecule has 0 aliphatic carbocycles. The van der Waals surface area contributed by atoms with Gasteiger partial charge >= 0.3 is 0 Å². The highest BCUT2D eigenvalue weighted by atomic mass is 16.5. The average Bonchev–Trinajstić information content (AvgIpc) is 2.85. The van der Waals surface area contributed by atoms with E-state index in [0.717, 1.165) is 25.1 Å². The number of carbonyl (C=O) groups excluding carboxylic acids is 1. The van der Waals surface area contributed by atoms with Crippen molar-refractivity contribution in [2.24, 2.45) is 5.92 Å². The van der Waals surface area contributed by atoms with Crippen LogP contribution >= 0.6 is 0 Å². The van der Waals surface area contributed by atoms with Gasteiger partial charge < -0.3 is 14.1 Å². The zero-order valence-electron chi connectivity index (χ0n) is 8.22. The van der Waals surface area contributed by atoms with Gasteiger partial charge in [-0.2, -0.15) is 0 Å². The van der Waals surface area contributed by atoms with Crippen LogP contribution in [0.15, 0.2) is 12.4 Å². The predicted octanol–water partition coefficient (Wildman–Crippen LogP) is 1.18. The summed E-state index contributed by atoms with van der Waals surface area (Å²) < 4.78 is 7.55. The molecular weight excluding hydrogens is 180 g/mol. The smallest absolute Gasteiger partial charge is 0.138 e. The molecule has 0 saturated carbocycles. The van der Waals surface area contributed by atoms with Crippen molar-refractivity contribution in [3.05, 3.63) is 18.2 Å². The van der Waals surface area contributed by atoms with Crippen molar-refractivity contribution in [1.29, 1.82) is 0 Å². The molecular formula is C10H14N2O2. The van der Waals surface area contributed by atoms with E-state index < -0.39 is 0 Å². The fraction of sp³-hybridized carbons (Fsp3) is 0.600. The summed E-state index contributed by atoms with van der Waals surface area (Å²) in [6.07, 6.45) is 5.32. The summed E-state index contributed by atoms with van der Waals surface area (Å²) in [6, 6.07) is 0. The third kappa shape index (κ3) is 1.46. The van der Waals surface area contributed by atoms with Crippen LogP contribution < -0.4 is 0 Å². The summed E-state index contributed by atoms with van der Waals surface area (Å²) in [5.74, 6) is 0.852. The fourth-order valence-electron chi connectivity index (χ4n) is 1.86. The third-order valence-electron chi connectivity index (χ3n) is 2.66. The molecule has 0 bridgehead atoms. The minimum Gasteiger partial charge on any atom is -0.370 e. The van der Waals surface area contributed by atoms with Gasteiger partial charge in [-0.05, 0) is 13.3 Å². The van der Waals surface area contributed by atoms with Crippen LogP contribution in [-0.4, -0.2) is 22.4 Å². The van der Waals surface area contributed by atoms with Gasteiger partial charge in [0.1, 0.15) is 18.2 Å². The van der Waals surface area contributed by atoms with Gasteiger partial charge in [-0.25, -0.2) is 4.98 Å². The van der Waals surface area contributed by atoms with Crippen LogP contribution in [0.1, 0.15) is 25.3 Å². The van der Waals surface area contributed by atoms with E-state index >= 15 is 0 Å². The molecule has 1 aliphatic rings. The van der Waals surface area contributed by atoms with Crippen LogP contribution in [0.2, 0.25) is 0 Å². The van der Waals surface area contributed by atoms with Crippen molar-refractivity contribution in [3.63, 3.8) is 0 Å². The van der Waals surface area contributed by atoms with Gasteiger partial charge in [0.25, 0.3) is 0 Å². The first kappa shape index (κ1) is 9.40. The Morgan fingerprint density at radius 2 is 2.64 bits per heavy atom. The maximum atomic E-state index is 10.8. The number of hydrogen-bond acceptors (Lipinski definition) is 3. The van der Waals surface area contributed by atoms with Crippen LogP contribution in [0.3, 0.4) is 0 Å². The number of rotatable bonds is 3. The lowest BCUT2D eigenvalue weighted by Gasteiger charge is -2.14. The second-order valence-electron chi connectivity index (χ2n) is 3.45. The third-order valence-corrected chi connectivity index (χ3v) is 2.66. The molecule has 14 heavy (non-hydrogen) atoms. The second-order valence-corrected chi connectivity index (χ2v) is 3.45. The topological polar surface area (TPSA) is 44.1 Å². The van der Waals surface area contributed by atoms with Crippen molar-refractivity contribution < 1.29 is 9.53 Å². The molecule has 2 heterocycles. The second kappa shape index (κ2) is 3.92. The van der Waals surface area contributed by atoms with Gasteiger partial charge in [0.15, 0.2) is 0 Å². The molecule has 1 saturated heterocycles. The number of aromatic nitrogens is 2. The quantitative estimate of drug-likeness (QED) is 0.679. The lowest BCUT2D eigenvalue weighted by molar-refractivity contribution is -0.112. The number of ether oxygens (including phenoxy) is 1. The van der Waals surface area contributed by atoms with Crippen LogP contribution in [0.5, 0.6) is 0 Å². The standard InChI is InChI=1S/C10H14N2O2/c1-2-12-5-4-11-10(12)9-8(7-13)3-6-14-9/h4-5,7-9H,2-3,6H2,1H3/t8-,9+/m0/s1. The SMILES string of the molecule is CCn1ccnc1[C@@H]1OCC[C@H]1C=O. The Labute approximate surface area is 82.9 Å². The van der Waals surface area contributed by atoms with Crippen molar-refractivity contribution >= 4 is 6.29 Å². The molecule has 4 nitrogen and oxygen atoms in total. The first-order valence-corrected chi connectivity index (χ1v) is 4.94. The van der Waals surface area contributed by atoms with Gasteiger partial charge in [-0.3, -0.25) is 0 Å². The van der Waals surface area contributed by atoms with E-state index in [1.54, 1.807) is 6.20 Å². The molecule has 0 amide bonds. The molecule has 0 aromatic carbocycles. The van der Waals surface area contributed by atoms with Crippen molar-refractivity contribution in [1.82, 2.24) is 9.55 Å². The summed E-state index contributed by atoms with van der Waals surface area (Å²) >= 11 is 0. The Morgan fingerprint density at radius 1 is 1.79 bits per heavy atom. The van der Waals surface area contributed by atoms with Crippen molar-refractivity contribution in [2.45, 2.75) is 26.0 Å². The van der Waals surface area contributed by atoms with Gasteiger partial charge in [0.05, 0.1) is 5.92 Å². The zero-order chi connectivity index (χ0) is 9.97. The number of hydrogen-bond donors (Lipinski definition) is 0. The number of aryl methyl sites for hydroxylation is 1. The van der Waals surface area contributed by atoms with E-state index in [9.17, 15) is 4.79 Å². The van der Waals surface area contributed by atoms with E-state index in [1.165, 1.54) is 0 Å². The molecule has 0 N–H and O–H groups in total. The monoisotopic (exact) mass is 194 g/mol. The van der Waals surface area contributed by atoms with Crippen molar-refractivity contribution in [3.8, 4) is 0 Å². The molecule has 1 fully saturated rings. The molecule has 1 aromatic heterocycles. The number of carbonyl (C=O) groups is 1. The highest BCUT2D eigenvalue weighted by Crippen LogP contribution is 2.31. The number of imidazole rings is 1. The Balaban J connectivity index is 2.25. The molecule has 4 heteroatoms. The zero-order valence-corrected chi connectivity index (χ0v) is 8.22. The summed E-state index contributed by atoms with van der Waals surface area (Å²) in [7, 11) is 0. The summed E-state index contributed by atoms with van der Waals surface area (Å²) in [5, 5.41) is 0. The normalized spacial score (nSPS) is 26.6. The Kier molecular flexibility index (Phi) is 2.63. The first-order chi connectivity index (χ1) is 6.86. The molecule has 2 atom stereocenters. The van der Waals surface area contributed by atoms with Crippen LogP contribution in [0.4, 0.5) is 0 Å². The minimum absolute atomic E-state index is 0.0253. The summed E-state index contributed by atoms with van der Waals surface area (Å²) in [6.45, 7) is 3.57. The lowest BCUT2D eigenvalue weighted by atomic mass is 10.0. The van der Waals surface area contributed by atoms with Gasteiger partial charge in [-0.15, -0.1) is 0 Å². The Hall–Kier alpha value is -1.16. The average molecular weight is 194 g/mol. The fourth-order valence-corrected chi connectivity index (χ4v) is 1.86. The number of nitrogens with zero attached hydrogens (tertiary/aromatic N) is 2. The Bertz CT molecular complexity index is 322. The molecule has 2 rings (SSSR count). The summed E-state index contributed by atoms with van der Waals surface area (Å²) in [5.41, 5.74) is 0. The molecule has 1 aliphatic heterocycles. The van der Waals surface area contributed by atoms with E-state index in [1.807, 2.05) is 10.8 Å². The van der Waals surface area contributed by atoms with Gasteiger partial charge in [0, 0.05) is 25.5 Å². The highest BCUT2D eigenvalue weighted by Gasteiger charge is 2.32. The maximum Gasteiger partial charge on any atom is 0.138 e. The molecule has 0 radical (unpaired) electrons. The van der Waals surface area contributed by atoms with Gasteiger partial charge in [-0.1, -0.05) is 0 Å². The van der Waals surface area contributed by atoms with Gasteiger partial charge in [0.2, 0.25) is 0 Å². The molecule has 1 aromatic rings. The van der Waals surface area contributed by atoms with Crippen molar-refractivity contribution in [2.75, 3.05) is 6.61 Å². The predicted molar refractivity (Wildman–Crippen MR) is 50.8 cm³/mol. The van der Waals surface area contributed by atoms with E-state index in [0.29, 0.717) is 6.61 Å². The first-order valence-electron chi connectivity index (χ1n) is 4.94. The Morgan fingerprint density at radius 3 is 3.36 bits per heavy atom. The van der Waals surface area contributed by atoms with E-state index in [-0.39, 0.29) is 12.0 Å². The van der Waals surface area contributed by atoms with Crippen LogP contribution in [0.25, 0.3) is 0 Å². The minimum atomic E-state index is -0.137. The van der Waals surface area contributed by atoms with E-state index in [2.05, 4.69) is 11.9 Å². The lowest BCUT2D eigenvalue weighted by Crippen LogP contribution is -2.14.